The Labute approximate surface area is 117 Å². The van der Waals surface area contributed by atoms with E-state index >= 15 is 0 Å². The molecule has 1 aromatic carbocycles. The Morgan fingerprint density at radius 3 is 2.25 bits per heavy atom. The molecule has 0 spiro atoms. The van der Waals surface area contributed by atoms with Crippen molar-refractivity contribution in [2.24, 2.45) is 0 Å². The summed E-state index contributed by atoms with van der Waals surface area (Å²) in [5, 5.41) is 8.91. The van der Waals surface area contributed by atoms with Crippen molar-refractivity contribution >= 4 is 10.0 Å². The summed E-state index contributed by atoms with van der Waals surface area (Å²) in [6.07, 6.45) is -4.06. The Morgan fingerprint density at radius 2 is 1.80 bits per heavy atom. The Morgan fingerprint density at radius 1 is 1.25 bits per heavy atom. The third-order valence-corrected chi connectivity index (χ3v) is 4.58. The molecule has 0 heterocycles. The summed E-state index contributed by atoms with van der Waals surface area (Å²) in [4.78, 5) is -0.00832. The number of benzene rings is 1. The van der Waals surface area contributed by atoms with Crippen molar-refractivity contribution in [2.45, 2.75) is 43.6 Å². The van der Waals surface area contributed by atoms with E-state index in [1.54, 1.807) is 12.1 Å². The van der Waals surface area contributed by atoms with Crippen molar-refractivity contribution < 1.29 is 22.3 Å². The van der Waals surface area contributed by atoms with Crippen molar-refractivity contribution in [3.8, 4) is 0 Å². The minimum atomic E-state index is -3.88. The second-order valence-electron chi connectivity index (χ2n) is 4.63. The van der Waals surface area contributed by atoms with Crippen LogP contribution in [-0.4, -0.2) is 32.6 Å². The highest BCUT2D eigenvalue weighted by Gasteiger charge is 2.21. The topological polar surface area (TPSA) is 66.4 Å². The molecule has 0 bridgehead atoms. The molecule has 20 heavy (non-hydrogen) atoms. The van der Waals surface area contributed by atoms with Crippen LogP contribution in [0.3, 0.4) is 0 Å². The molecular weight excluding hydrogens is 288 g/mol. The number of hydrogen-bond donors (Lipinski definition) is 2. The molecule has 7 heteroatoms. The number of rotatable bonds is 7. The number of hydrogen-bond acceptors (Lipinski definition) is 3. The van der Waals surface area contributed by atoms with Gasteiger partial charge in [0, 0.05) is 6.54 Å². The zero-order valence-corrected chi connectivity index (χ0v) is 12.2. The number of alkyl halides is 2. The molecule has 0 aliphatic rings. The number of sulfonamides is 1. The van der Waals surface area contributed by atoms with E-state index in [2.05, 4.69) is 0 Å². The Hall–Kier alpha value is -1.05. The van der Waals surface area contributed by atoms with E-state index in [0.717, 1.165) is 12.0 Å². The standard InChI is InChI=1S/C13H19F2NO3S/c1-3-9(2)10-4-6-11(7-5-10)20(18,19)16-8-12(17)13(14)15/h4-7,9,12-13,16-17H,3,8H2,1-2H3. The summed E-state index contributed by atoms with van der Waals surface area (Å²) in [5.74, 6) is 0.320. The number of halogens is 2. The van der Waals surface area contributed by atoms with Crippen molar-refractivity contribution in [3.63, 3.8) is 0 Å². The first kappa shape index (κ1) is 17.0. The number of nitrogens with one attached hydrogen (secondary N) is 1. The summed E-state index contributed by atoms with van der Waals surface area (Å²) in [5.41, 5.74) is 1.01. The van der Waals surface area contributed by atoms with Gasteiger partial charge in [-0.3, -0.25) is 0 Å². The van der Waals surface area contributed by atoms with Crippen LogP contribution in [0.5, 0.6) is 0 Å². The lowest BCUT2D eigenvalue weighted by Crippen LogP contribution is -2.35. The van der Waals surface area contributed by atoms with E-state index in [-0.39, 0.29) is 4.90 Å². The maximum atomic E-state index is 12.1. The second kappa shape index (κ2) is 7.10. The normalized spacial score (nSPS) is 15.3. The molecule has 1 aromatic rings. The van der Waals surface area contributed by atoms with Crippen LogP contribution in [-0.2, 0) is 10.0 Å². The van der Waals surface area contributed by atoms with Gasteiger partial charge in [0.15, 0.2) is 0 Å². The highest BCUT2D eigenvalue weighted by molar-refractivity contribution is 7.89. The largest absolute Gasteiger partial charge is 0.386 e. The van der Waals surface area contributed by atoms with Gasteiger partial charge in [0.05, 0.1) is 4.90 Å². The summed E-state index contributed by atoms with van der Waals surface area (Å²) in [6, 6.07) is 6.26. The highest BCUT2D eigenvalue weighted by atomic mass is 32.2. The van der Waals surface area contributed by atoms with Crippen LogP contribution >= 0.6 is 0 Å². The predicted octanol–water partition coefficient (Wildman–Crippen LogP) is 2.10. The smallest absolute Gasteiger partial charge is 0.265 e. The third kappa shape index (κ3) is 4.50. The summed E-state index contributed by atoms with van der Waals surface area (Å²) in [7, 11) is -3.88. The fourth-order valence-electron chi connectivity index (χ4n) is 1.58. The van der Waals surface area contributed by atoms with E-state index in [1.807, 2.05) is 18.6 Å². The summed E-state index contributed by atoms with van der Waals surface area (Å²) in [6.45, 7) is 3.34. The fourth-order valence-corrected chi connectivity index (χ4v) is 2.63. The zero-order chi connectivity index (χ0) is 15.3. The van der Waals surface area contributed by atoms with Gasteiger partial charge in [-0.25, -0.2) is 21.9 Å². The molecule has 0 aliphatic carbocycles. The molecule has 114 valence electrons. The van der Waals surface area contributed by atoms with Crippen LogP contribution in [0.25, 0.3) is 0 Å². The molecule has 0 amide bonds. The van der Waals surface area contributed by atoms with Gasteiger partial charge in [0.25, 0.3) is 6.43 Å². The van der Waals surface area contributed by atoms with Crippen molar-refractivity contribution in [1.82, 2.24) is 4.72 Å². The van der Waals surface area contributed by atoms with Crippen LogP contribution in [0.2, 0.25) is 0 Å². The van der Waals surface area contributed by atoms with Gasteiger partial charge < -0.3 is 5.11 Å². The van der Waals surface area contributed by atoms with Gasteiger partial charge in [-0.15, -0.1) is 0 Å². The molecule has 2 unspecified atom stereocenters. The maximum absolute atomic E-state index is 12.1. The Bertz CT molecular complexity index is 517. The van der Waals surface area contributed by atoms with E-state index in [0.29, 0.717) is 5.92 Å². The van der Waals surface area contributed by atoms with Gasteiger partial charge in [-0.2, -0.15) is 0 Å². The lowest BCUT2D eigenvalue weighted by molar-refractivity contribution is -0.000451. The summed E-state index contributed by atoms with van der Waals surface area (Å²) >= 11 is 0. The first-order valence-electron chi connectivity index (χ1n) is 6.33. The molecule has 2 N–H and O–H groups in total. The van der Waals surface area contributed by atoms with Gasteiger partial charge in [-0.05, 0) is 30.0 Å². The fraction of sp³-hybridized carbons (Fsp3) is 0.538. The van der Waals surface area contributed by atoms with Gasteiger partial charge in [0.2, 0.25) is 10.0 Å². The molecule has 0 radical (unpaired) electrons. The molecule has 2 atom stereocenters. The lowest BCUT2D eigenvalue weighted by atomic mass is 9.99. The zero-order valence-electron chi connectivity index (χ0n) is 11.4. The molecule has 0 aromatic heterocycles. The lowest BCUT2D eigenvalue weighted by Gasteiger charge is -2.12. The summed E-state index contributed by atoms with van der Waals surface area (Å²) < 4.78 is 49.9. The first-order valence-corrected chi connectivity index (χ1v) is 7.82. The quantitative estimate of drug-likeness (QED) is 0.811. The van der Waals surface area contributed by atoms with Crippen LogP contribution < -0.4 is 4.72 Å². The number of aliphatic hydroxyl groups excluding tert-OH is 1. The van der Waals surface area contributed by atoms with Gasteiger partial charge in [-0.1, -0.05) is 26.0 Å². The molecule has 4 nitrogen and oxygen atoms in total. The molecule has 0 aliphatic heterocycles. The minimum Gasteiger partial charge on any atom is -0.386 e. The van der Waals surface area contributed by atoms with Crippen LogP contribution in [0.15, 0.2) is 29.2 Å². The monoisotopic (exact) mass is 307 g/mol. The first-order chi connectivity index (χ1) is 9.27. The molecule has 0 saturated heterocycles. The van der Waals surface area contributed by atoms with E-state index < -0.39 is 29.1 Å². The highest BCUT2D eigenvalue weighted by Crippen LogP contribution is 2.20. The molecule has 0 saturated carbocycles. The Kier molecular flexibility index (Phi) is 6.04. The van der Waals surface area contributed by atoms with Crippen LogP contribution in [0.1, 0.15) is 31.7 Å². The SMILES string of the molecule is CCC(C)c1ccc(S(=O)(=O)NCC(O)C(F)F)cc1. The predicted molar refractivity (Wildman–Crippen MR) is 72.3 cm³/mol. The van der Waals surface area contributed by atoms with E-state index in [4.69, 9.17) is 5.11 Å². The minimum absolute atomic E-state index is 0.00832. The van der Waals surface area contributed by atoms with Crippen molar-refractivity contribution in [3.05, 3.63) is 29.8 Å². The van der Waals surface area contributed by atoms with Gasteiger partial charge in [0.1, 0.15) is 6.10 Å². The van der Waals surface area contributed by atoms with Crippen LogP contribution in [0, 0.1) is 0 Å². The maximum Gasteiger partial charge on any atom is 0.265 e. The van der Waals surface area contributed by atoms with Crippen molar-refractivity contribution in [1.29, 1.82) is 0 Å². The number of aliphatic hydroxyl groups is 1. The van der Waals surface area contributed by atoms with E-state index in [1.165, 1.54) is 12.1 Å². The average Bonchev–Trinajstić information content (AvgIpc) is 2.44. The van der Waals surface area contributed by atoms with Gasteiger partial charge >= 0.3 is 0 Å². The van der Waals surface area contributed by atoms with Crippen LogP contribution in [0.4, 0.5) is 8.78 Å². The van der Waals surface area contributed by atoms with Crippen molar-refractivity contribution in [2.75, 3.05) is 6.54 Å². The third-order valence-electron chi connectivity index (χ3n) is 3.15. The molecular formula is C13H19F2NO3S. The average molecular weight is 307 g/mol. The molecule has 1 rings (SSSR count). The van der Waals surface area contributed by atoms with E-state index in [9.17, 15) is 17.2 Å². The molecule has 0 fully saturated rings. The second-order valence-corrected chi connectivity index (χ2v) is 6.40. The Balaban J connectivity index is 2.78.